The van der Waals surface area contributed by atoms with Crippen molar-refractivity contribution in [3.05, 3.63) is 82.6 Å². The highest BCUT2D eigenvalue weighted by molar-refractivity contribution is 5.92. The Kier molecular flexibility index (Phi) is 8.02. The quantitative estimate of drug-likeness (QED) is 0.239. The summed E-state index contributed by atoms with van der Waals surface area (Å²) in [5.74, 6) is -1.64. The highest BCUT2D eigenvalue weighted by atomic mass is 19.1. The predicted molar refractivity (Wildman–Crippen MR) is 153 cm³/mol. The Labute approximate surface area is 245 Å². The number of pyridine rings is 1. The number of aromatic nitrogens is 3. The fourth-order valence-electron chi connectivity index (χ4n) is 5.60. The second kappa shape index (κ2) is 12.0. The smallest absolute Gasteiger partial charge is 0.335 e. The number of aliphatic imine (C=N–C) groups is 1. The molecule has 0 saturated carbocycles. The number of carbonyl (C=O) groups is 1. The van der Waals surface area contributed by atoms with Gasteiger partial charge in [-0.3, -0.25) is 4.99 Å². The Morgan fingerprint density at radius 3 is 2.65 bits per heavy atom. The zero-order chi connectivity index (χ0) is 30.1. The molecule has 43 heavy (non-hydrogen) atoms. The van der Waals surface area contributed by atoms with E-state index in [1.54, 1.807) is 12.1 Å². The molecule has 2 aromatic carbocycles. The van der Waals surface area contributed by atoms with E-state index in [9.17, 15) is 23.1 Å². The van der Waals surface area contributed by atoms with Crippen molar-refractivity contribution in [2.75, 3.05) is 24.6 Å². The summed E-state index contributed by atoms with van der Waals surface area (Å²) in [6.45, 7) is 5.83. The molecule has 1 N–H and O–H groups in total. The number of imidazole rings is 1. The molecule has 0 radical (unpaired) electrons. The number of benzene rings is 2. The van der Waals surface area contributed by atoms with Gasteiger partial charge in [-0.15, -0.1) is 0 Å². The van der Waals surface area contributed by atoms with E-state index < -0.39 is 23.4 Å². The van der Waals surface area contributed by atoms with E-state index in [4.69, 9.17) is 9.47 Å². The lowest BCUT2D eigenvalue weighted by atomic mass is 10.0. The van der Waals surface area contributed by atoms with Crippen LogP contribution in [0.1, 0.15) is 40.3 Å². The second-order valence-corrected chi connectivity index (χ2v) is 10.9. The first-order chi connectivity index (χ1) is 20.8. The first kappa shape index (κ1) is 28.7. The number of aromatic carboxylic acids is 1. The van der Waals surface area contributed by atoms with Crippen LogP contribution in [0.3, 0.4) is 0 Å². The summed E-state index contributed by atoms with van der Waals surface area (Å²) in [4.78, 5) is 26.4. The molecule has 0 bridgehead atoms. The van der Waals surface area contributed by atoms with Crippen LogP contribution < -0.4 is 9.64 Å². The molecule has 224 valence electrons. The van der Waals surface area contributed by atoms with E-state index in [0.717, 1.165) is 18.9 Å². The highest BCUT2D eigenvalue weighted by Gasteiger charge is 2.29. The summed E-state index contributed by atoms with van der Waals surface area (Å²) in [5, 5.41) is 9.46. The zero-order valence-corrected chi connectivity index (χ0v) is 23.3. The fourth-order valence-corrected chi connectivity index (χ4v) is 5.60. The van der Waals surface area contributed by atoms with Gasteiger partial charge in [0, 0.05) is 26.1 Å². The van der Waals surface area contributed by atoms with Gasteiger partial charge in [0.1, 0.15) is 35.3 Å². The van der Waals surface area contributed by atoms with Crippen molar-refractivity contribution in [3.8, 4) is 5.75 Å². The van der Waals surface area contributed by atoms with Gasteiger partial charge in [0.25, 0.3) is 0 Å². The van der Waals surface area contributed by atoms with Crippen LogP contribution in [0.15, 0.2) is 47.5 Å². The molecule has 0 amide bonds. The molecule has 2 fully saturated rings. The van der Waals surface area contributed by atoms with Crippen LogP contribution in [0, 0.1) is 23.4 Å². The van der Waals surface area contributed by atoms with Crippen molar-refractivity contribution in [1.82, 2.24) is 14.5 Å². The van der Waals surface area contributed by atoms with Crippen LogP contribution in [0.2, 0.25) is 0 Å². The Morgan fingerprint density at radius 2 is 1.93 bits per heavy atom. The highest BCUT2D eigenvalue weighted by Crippen LogP contribution is 2.30. The minimum atomic E-state index is -1.21. The minimum absolute atomic E-state index is 0.0113. The zero-order valence-electron chi connectivity index (χ0n) is 23.3. The molecule has 2 aliphatic rings. The number of nitrogens with zero attached hydrogens (tertiary/aromatic N) is 5. The van der Waals surface area contributed by atoms with Gasteiger partial charge in [-0.25, -0.2) is 27.9 Å². The molecule has 9 nitrogen and oxygen atoms in total. The van der Waals surface area contributed by atoms with E-state index in [-0.39, 0.29) is 47.7 Å². The number of carboxylic acid groups (broad SMARTS) is 1. The molecule has 4 aromatic rings. The van der Waals surface area contributed by atoms with Gasteiger partial charge in [-0.05, 0) is 67.4 Å². The molecule has 4 heterocycles. The molecular formula is C31H30F3N5O4. The molecule has 2 aromatic heterocycles. The molecular weight excluding hydrogens is 563 g/mol. The van der Waals surface area contributed by atoms with Crippen LogP contribution in [-0.4, -0.2) is 58.1 Å². The summed E-state index contributed by atoms with van der Waals surface area (Å²) in [7, 11) is 0. The summed E-state index contributed by atoms with van der Waals surface area (Å²) in [6, 6.07) is 9.83. The number of ether oxygens (including phenoxy) is 2. The maximum Gasteiger partial charge on any atom is 0.335 e. The average molecular weight is 594 g/mol. The Morgan fingerprint density at radius 1 is 1.09 bits per heavy atom. The van der Waals surface area contributed by atoms with Crippen LogP contribution in [0.5, 0.6) is 5.75 Å². The van der Waals surface area contributed by atoms with E-state index in [0.29, 0.717) is 55.4 Å². The van der Waals surface area contributed by atoms with Gasteiger partial charge in [-0.2, -0.15) is 0 Å². The van der Waals surface area contributed by atoms with Crippen molar-refractivity contribution >= 4 is 29.5 Å². The summed E-state index contributed by atoms with van der Waals surface area (Å²) >= 11 is 0. The molecule has 12 heteroatoms. The Hall–Kier alpha value is -4.45. The molecule has 2 atom stereocenters. The number of carboxylic acids is 1. The molecule has 0 aliphatic carbocycles. The number of anilines is 1. The average Bonchev–Trinajstić information content (AvgIpc) is 3.56. The lowest BCUT2D eigenvalue weighted by Crippen LogP contribution is -2.32. The van der Waals surface area contributed by atoms with Gasteiger partial charge in [-0.1, -0.05) is 6.07 Å². The summed E-state index contributed by atoms with van der Waals surface area (Å²) in [6.07, 6.45) is 2.17. The maximum atomic E-state index is 14.9. The number of rotatable bonds is 11. The number of hydrogen-bond acceptors (Lipinski definition) is 7. The molecule has 0 spiro atoms. The Balaban J connectivity index is 1.17. The topological polar surface area (TPSA) is 102 Å². The van der Waals surface area contributed by atoms with Crippen LogP contribution in [-0.2, 0) is 30.9 Å². The molecule has 1 unspecified atom stereocenters. The number of hydrogen-bond donors (Lipinski definition) is 1. The third-order valence-corrected chi connectivity index (χ3v) is 7.95. The van der Waals surface area contributed by atoms with Gasteiger partial charge in [0.15, 0.2) is 17.4 Å². The first-order valence-corrected chi connectivity index (χ1v) is 14.1. The normalized spacial score (nSPS) is 18.2. The minimum Gasteiger partial charge on any atom is -0.484 e. The summed E-state index contributed by atoms with van der Waals surface area (Å²) < 4.78 is 57.0. The SMILES string of the molecule is C=NCc1ccc(OCc2nc(N3CCC(Cc4nc5c(F)cc(C(=O)O)cc5n4C[C@@H]4CCO4)C3)ccc2F)c(F)c1. The van der Waals surface area contributed by atoms with Crippen molar-refractivity contribution < 1.29 is 32.5 Å². The Bertz CT molecular complexity index is 1690. The van der Waals surface area contributed by atoms with Crippen LogP contribution in [0.4, 0.5) is 19.0 Å². The fraction of sp³-hybridized carbons (Fsp3) is 0.355. The third kappa shape index (κ3) is 6.05. The van der Waals surface area contributed by atoms with Gasteiger partial charge in [0.2, 0.25) is 0 Å². The van der Waals surface area contributed by atoms with E-state index in [2.05, 4.69) is 21.7 Å². The third-order valence-electron chi connectivity index (χ3n) is 7.95. The van der Waals surface area contributed by atoms with Crippen molar-refractivity contribution in [2.45, 2.75) is 45.1 Å². The molecule has 2 saturated heterocycles. The predicted octanol–water partition coefficient (Wildman–Crippen LogP) is 5.18. The molecule has 2 aliphatic heterocycles. The first-order valence-electron chi connectivity index (χ1n) is 14.1. The number of halogens is 3. The van der Waals surface area contributed by atoms with E-state index in [1.165, 1.54) is 24.3 Å². The van der Waals surface area contributed by atoms with Crippen molar-refractivity contribution in [1.29, 1.82) is 0 Å². The van der Waals surface area contributed by atoms with Gasteiger partial charge in [0.05, 0.1) is 30.3 Å². The summed E-state index contributed by atoms with van der Waals surface area (Å²) in [5.41, 5.74) is 1.15. The van der Waals surface area contributed by atoms with Crippen LogP contribution >= 0.6 is 0 Å². The van der Waals surface area contributed by atoms with Crippen molar-refractivity contribution in [3.63, 3.8) is 0 Å². The monoisotopic (exact) mass is 593 g/mol. The van der Waals surface area contributed by atoms with Crippen molar-refractivity contribution in [2.24, 2.45) is 10.9 Å². The van der Waals surface area contributed by atoms with Gasteiger partial charge < -0.3 is 24.0 Å². The lowest BCUT2D eigenvalue weighted by molar-refractivity contribution is -0.0590. The molecule has 6 rings (SSSR count). The van der Waals surface area contributed by atoms with Crippen LogP contribution in [0.25, 0.3) is 11.0 Å². The second-order valence-electron chi connectivity index (χ2n) is 10.9. The lowest BCUT2D eigenvalue weighted by Gasteiger charge is -2.28. The van der Waals surface area contributed by atoms with E-state index >= 15 is 0 Å². The maximum absolute atomic E-state index is 14.9. The van der Waals surface area contributed by atoms with E-state index in [1.807, 2.05) is 9.47 Å². The largest absolute Gasteiger partial charge is 0.484 e. The number of fused-ring (bicyclic) bond motifs is 1. The standard InChI is InChI=1S/C31H30F3N5O4/c1-35-14-18-2-4-27(23(33)10-18)43-17-25-22(32)3-5-28(36-25)38-8-6-19(15-38)11-29-37-30-24(34)12-20(31(40)41)13-26(30)39(29)16-21-7-9-42-21/h2-5,10,12-13,19,21H,1,6-9,11,14-17H2,(H,40,41)/t19?,21-/m0/s1. The van der Waals surface area contributed by atoms with Gasteiger partial charge >= 0.3 is 5.97 Å².